The Balaban J connectivity index is 1.56. The molecule has 1 aliphatic rings. The summed E-state index contributed by atoms with van der Waals surface area (Å²) in [7, 11) is 0. The van der Waals surface area contributed by atoms with Gasteiger partial charge in [0.15, 0.2) is 5.78 Å². The molecule has 1 saturated heterocycles. The summed E-state index contributed by atoms with van der Waals surface area (Å²) < 4.78 is 5.29. The molecule has 1 aliphatic heterocycles. The number of aromatic nitrogens is 1. The summed E-state index contributed by atoms with van der Waals surface area (Å²) in [4.78, 5) is 42.0. The van der Waals surface area contributed by atoms with Gasteiger partial charge in [0.25, 0.3) is 5.91 Å². The smallest absolute Gasteiger partial charge is 0.410 e. The molecule has 7 nitrogen and oxygen atoms in total. The summed E-state index contributed by atoms with van der Waals surface area (Å²) in [6, 6.07) is 11.5. The van der Waals surface area contributed by atoms with E-state index in [4.69, 9.17) is 16.3 Å². The van der Waals surface area contributed by atoms with Crippen LogP contribution in [0.15, 0.2) is 48.7 Å². The number of hydrogen-bond acceptors (Lipinski definition) is 5. The van der Waals surface area contributed by atoms with Crippen molar-refractivity contribution in [3.63, 3.8) is 0 Å². The van der Waals surface area contributed by atoms with E-state index in [9.17, 15) is 14.4 Å². The lowest BCUT2D eigenvalue weighted by molar-refractivity contribution is -0.123. The molecule has 2 amide bonds. The van der Waals surface area contributed by atoms with E-state index in [1.165, 1.54) is 17.2 Å². The van der Waals surface area contributed by atoms with E-state index in [1.54, 1.807) is 6.07 Å². The van der Waals surface area contributed by atoms with Crippen molar-refractivity contribution in [2.75, 3.05) is 13.1 Å². The molecule has 1 aromatic carbocycles. The zero-order valence-electron chi connectivity index (χ0n) is 14.4. The fraction of sp³-hybridized carbons (Fsp3) is 0.263. The van der Waals surface area contributed by atoms with Crippen molar-refractivity contribution in [2.45, 2.75) is 19.1 Å². The fourth-order valence-corrected chi connectivity index (χ4v) is 2.79. The van der Waals surface area contributed by atoms with E-state index in [-0.39, 0.29) is 37.6 Å². The Morgan fingerprint density at radius 3 is 2.70 bits per heavy atom. The van der Waals surface area contributed by atoms with Crippen LogP contribution in [0.1, 0.15) is 22.5 Å². The second-order valence-electron chi connectivity index (χ2n) is 6.09. The molecule has 0 aliphatic carbocycles. The predicted octanol–water partition coefficient (Wildman–Crippen LogP) is 2.45. The third kappa shape index (κ3) is 5.04. The summed E-state index contributed by atoms with van der Waals surface area (Å²) in [5, 5.41) is 3.03. The molecule has 1 N–H and O–H groups in total. The standard InChI is InChI=1S/C19H18ClN3O4/c20-14-6-7-15(21-10-14)18(25)22-16-11-23(9-8-17(16)24)19(26)27-12-13-4-2-1-3-5-13/h1-7,10,16H,8-9,11-12H2,(H,22,25). The molecule has 2 aromatic rings. The molecule has 3 rings (SSSR count). The number of halogens is 1. The van der Waals surface area contributed by atoms with E-state index in [1.807, 2.05) is 30.3 Å². The van der Waals surface area contributed by atoms with Gasteiger partial charge in [-0.25, -0.2) is 9.78 Å². The lowest BCUT2D eigenvalue weighted by atomic mass is 10.0. The molecule has 1 atom stereocenters. The number of piperidine rings is 1. The van der Waals surface area contributed by atoms with Crippen LogP contribution in [0.3, 0.4) is 0 Å². The molecule has 0 bridgehead atoms. The monoisotopic (exact) mass is 387 g/mol. The average molecular weight is 388 g/mol. The fourth-order valence-electron chi connectivity index (χ4n) is 2.68. The van der Waals surface area contributed by atoms with Gasteiger partial charge in [0.2, 0.25) is 0 Å². The largest absolute Gasteiger partial charge is 0.445 e. The molecule has 27 heavy (non-hydrogen) atoms. The van der Waals surface area contributed by atoms with Crippen LogP contribution in [0.4, 0.5) is 4.79 Å². The number of ketones is 1. The van der Waals surface area contributed by atoms with Gasteiger partial charge in [0.1, 0.15) is 18.3 Å². The molecular weight excluding hydrogens is 370 g/mol. The average Bonchev–Trinajstić information content (AvgIpc) is 2.69. The predicted molar refractivity (Wildman–Crippen MR) is 98.3 cm³/mol. The highest BCUT2D eigenvalue weighted by Gasteiger charge is 2.32. The van der Waals surface area contributed by atoms with E-state index in [0.717, 1.165) is 5.56 Å². The zero-order chi connectivity index (χ0) is 19.2. The van der Waals surface area contributed by atoms with Crippen LogP contribution in [0, 0.1) is 0 Å². The normalized spacial score (nSPS) is 16.7. The Morgan fingerprint density at radius 2 is 2.00 bits per heavy atom. The van der Waals surface area contributed by atoms with Crippen LogP contribution in [0.5, 0.6) is 0 Å². The van der Waals surface area contributed by atoms with Gasteiger partial charge in [0.05, 0.1) is 11.6 Å². The minimum Gasteiger partial charge on any atom is -0.445 e. The first-order valence-corrected chi connectivity index (χ1v) is 8.81. The lowest BCUT2D eigenvalue weighted by Crippen LogP contribution is -2.54. The Kier molecular flexibility index (Phi) is 6.03. The quantitative estimate of drug-likeness (QED) is 0.870. The van der Waals surface area contributed by atoms with Gasteiger partial charge in [-0.05, 0) is 17.7 Å². The SMILES string of the molecule is O=C(NC1CN(C(=O)OCc2ccccc2)CCC1=O)c1ccc(Cl)cn1. The summed E-state index contributed by atoms with van der Waals surface area (Å²) in [6.45, 7) is 0.472. The molecule has 0 saturated carbocycles. The van der Waals surface area contributed by atoms with Crippen LogP contribution in [0.2, 0.25) is 5.02 Å². The number of pyridine rings is 1. The molecule has 140 valence electrons. The van der Waals surface area contributed by atoms with Gasteiger partial charge in [0, 0.05) is 19.2 Å². The number of nitrogens with one attached hydrogen (secondary N) is 1. The van der Waals surface area contributed by atoms with Crippen molar-refractivity contribution in [3.05, 3.63) is 64.9 Å². The Morgan fingerprint density at radius 1 is 1.22 bits per heavy atom. The third-order valence-electron chi connectivity index (χ3n) is 4.15. The maximum Gasteiger partial charge on any atom is 0.410 e. The number of nitrogens with zero attached hydrogens (tertiary/aromatic N) is 2. The third-order valence-corrected chi connectivity index (χ3v) is 4.37. The summed E-state index contributed by atoms with van der Waals surface area (Å²) >= 11 is 5.75. The van der Waals surface area contributed by atoms with Crippen LogP contribution in [0.25, 0.3) is 0 Å². The summed E-state index contributed by atoms with van der Waals surface area (Å²) in [6.07, 6.45) is 0.987. The van der Waals surface area contributed by atoms with Gasteiger partial charge >= 0.3 is 6.09 Å². The van der Waals surface area contributed by atoms with E-state index in [2.05, 4.69) is 10.3 Å². The number of ether oxygens (including phenoxy) is 1. The highest BCUT2D eigenvalue weighted by atomic mass is 35.5. The Labute approximate surface area is 161 Å². The number of hydrogen-bond donors (Lipinski definition) is 1. The first kappa shape index (κ1) is 18.8. The van der Waals surface area contributed by atoms with Crippen molar-refractivity contribution in [2.24, 2.45) is 0 Å². The van der Waals surface area contributed by atoms with Crippen LogP contribution >= 0.6 is 11.6 Å². The maximum absolute atomic E-state index is 12.3. The maximum atomic E-state index is 12.3. The minimum absolute atomic E-state index is 0.0613. The first-order valence-electron chi connectivity index (χ1n) is 8.43. The van der Waals surface area contributed by atoms with Gasteiger partial charge in [-0.3, -0.25) is 9.59 Å². The van der Waals surface area contributed by atoms with E-state index < -0.39 is 18.0 Å². The van der Waals surface area contributed by atoms with Crippen molar-refractivity contribution < 1.29 is 19.1 Å². The Bertz CT molecular complexity index is 827. The van der Waals surface area contributed by atoms with Crippen molar-refractivity contribution in [3.8, 4) is 0 Å². The van der Waals surface area contributed by atoms with Crippen LogP contribution < -0.4 is 5.32 Å². The Hall–Kier alpha value is -2.93. The molecule has 1 fully saturated rings. The number of likely N-dealkylation sites (tertiary alicyclic amines) is 1. The van der Waals surface area contributed by atoms with E-state index >= 15 is 0 Å². The van der Waals surface area contributed by atoms with Gasteiger partial charge < -0.3 is 15.0 Å². The van der Waals surface area contributed by atoms with Crippen molar-refractivity contribution in [1.29, 1.82) is 0 Å². The van der Waals surface area contributed by atoms with Gasteiger partial charge in [-0.1, -0.05) is 41.9 Å². The van der Waals surface area contributed by atoms with Gasteiger partial charge in [-0.2, -0.15) is 0 Å². The minimum atomic E-state index is -0.798. The highest BCUT2D eigenvalue weighted by Crippen LogP contribution is 2.12. The number of carbonyl (C=O) groups excluding carboxylic acids is 3. The number of Topliss-reactive ketones (excluding diaryl/α,β-unsaturated/α-hetero) is 1. The lowest BCUT2D eigenvalue weighted by Gasteiger charge is -2.31. The molecule has 1 unspecified atom stereocenters. The molecule has 1 aromatic heterocycles. The second-order valence-corrected chi connectivity index (χ2v) is 6.53. The molecule has 0 radical (unpaired) electrons. The van der Waals surface area contributed by atoms with Crippen molar-refractivity contribution in [1.82, 2.24) is 15.2 Å². The first-order chi connectivity index (χ1) is 13.0. The molecule has 8 heteroatoms. The van der Waals surface area contributed by atoms with Crippen LogP contribution in [-0.2, 0) is 16.1 Å². The molecular formula is C19H18ClN3O4. The van der Waals surface area contributed by atoms with Crippen LogP contribution in [-0.4, -0.2) is 46.8 Å². The summed E-state index contributed by atoms with van der Waals surface area (Å²) in [5.74, 6) is -0.631. The highest BCUT2D eigenvalue weighted by molar-refractivity contribution is 6.30. The summed E-state index contributed by atoms with van der Waals surface area (Å²) in [5.41, 5.74) is 1.02. The molecule has 2 heterocycles. The molecule has 0 spiro atoms. The zero-order valence-corrected chi connectivity index (χ0v) is 15.2. The number of rotatable bonds is 4. The topological polar surface area (TPSA) is 88.6 Å². The number of amides is 2. The second kappa shape index (κ2) is 8.64. The van der Waals surface area contributed by atoms with Gasteiger partial charge in [-0.15, -0.1) is 0 Å². The van der Waals surface area contributed by atoms with Crippen molar-refractivity contribution >= 4 is 29.4 Å². The van der Waals surface area contributed by atoms with E-state index in [0.29, 0.717) is 5.02 Å². The number of carbonyl (C=O) groups is 3. The number of benzene rings is 1.